The first-order chi connectivity index (χ1) is 7.58. The highest BCUT2D eigenvalue weighted by Crippen LogP contribution is 2.15. The van der Waals surface area contributed by atoms with Crippen LogP contribution in [0.4, 0.5) is 6.01 Å². The van der Waals surface area contributed by atoms with Crippen LogP contribution in [-0.4, -0.2) is 27.2 Å². The van der Waals surface area contributed by atoms with Crippen LogP contribution in [0.5, 0.6) is 0 Å². The second-order valence-electron chi connectivity index (χ2n) is 4.22. The third-order valence-electron chi connectivity index (χ3n) is 3.11. The number of hydrogen-bond acceptors (Lipinski definition) is 5. The van der Waals surface area contributed by atoms with Gasteiger partial charge in [-0.1, -0.05) is 18.9 Å². The Morgan fingerprint density at radius 2 is 1.75 bits per heavy atom. The summed E-state index contributed by atoms with van der Waals surface area (Å²) in [6, 6.07) is 1.15. The van der Waals surface area contributed by atoms with Gasteiger partial charge in [-0.2, -0.15) is 0 Å². The van der Waals surface area contributed by atoms with E-state index in [1.807, 2.05) is 0 Å². The highest BCUT2D eigenvalue weighted by molar-refractivity contribution is 5.04. The molecule has 0 fully saturated rings. The molecular formula is C11H22N4O. The highest BCUT2D eigenvalue weighted by atomic mass is 16.4. The number of nitrogens with two attached hydrogens (primary N) is 1. The van der Waals surface area contributed by atoms with Crippen LogP contribution in [0.15, 0.2) is 4.42 Å². The molecule has 0 aromatic carbocycles. The SMILES string of the molecule is CCC(C)N(Cc1nnc(N)o1)C(C)CC. The molecule has 1 heterocycles. The zero-order valence-corrected chi connectivity index (χ0v) is 10.6. The van der Waals surface area contributed by atoms with Crippen molar-refractivity contribution >= 4 is 6.01 Å². The average Bonchev–Trinajstić information content (AvgIpc) is 2.69. The van der Waals surface area contributed by atoms with Gasteiger partial charge in [-0.15, -0.1) is 5.10 Å². The van der Waals surface area contributed by atoms with Crippen LogP contribution in [0.3, 0.4) is 0 Å². The zero-order valence-electron chi connectivity index (χ0n) is 10.6. The van der Waals surface area contributed by atoms with E-state index >= 15 is 0 Å². The minimum absolute atomic E-state index is 0.142. The number of hydrogen-bond donors (Lipinski definition) is 1. The van der Waals surface area contributed by atoms with Crippen molar-refractivity contribution in [2.75, 3.05) is 5.73 Å². The molecule has 0 bridgehead atoms. The summed E-state index contributed by atoms with van der Waals surface area (Å²) in [5.41, 5.74) is 5.41. The molecule has 2 atom stereocenters. The second-order valence-corrected chi connectivity index (χ2v) is 4.22. The van der Waals surface area contributed by atoms with Gasteiger partial charge in [0.2, 0.25) is 5.89 Å². The maximum absolute atomic E-state index is 5.41. The van der Waals surface area contributed by atoms with Crippen molar-refractivity contribution in [2.24, 2.45) is 0 Å². The molecule has 1 aromatic rings. The van der Waals surface area contributed by atoms with Crippen LogP contribution in [0.2, 0.25) is 0 Å². The van der Waals surface area contributed by atoms with Crippen LogP contribution in [0, 0.1) is 0 Å². The van der Waals surface area contributed by atoms with Crippen LogP contribution in [-0.2, 0) is 6.54 Å². The fourth-order valence-corrected chi connectivity index (χ4v) is 1.70. The van der Waals surface area contributed by atoms with Gasteiger partial charge in [-0.05, 0) is 26.7 Å². The first-order valence-electron chi connectivity index (χ1n) is 5.92. The molecule has 0 spiro atoms. The smallest absolute Gasteiger partial charge is 0.312 e. The Hall–Kier alpha value is -1.10. The molecule has 5 heteroatoms. The van der Waals surface area contributed by atoms with Crippen molar-refractivity contribution in [3.8, 4) is 0 Å². The van der Waals surface area contributed by atoms with Crippen molar-refractivity contribution in [3.05, 3.63) is 5.89 Å². The lowest BCUT2D eigenvalue weighted by Crippen LogP contribution is -2.39. The van der Waals surface area contributed by atoms with Crippen molar-refractivity contribution in [1.29, 1.82) is 0 Å². The molecule has 5 nitrogen and oxygen atoms in total. The first-order valence-corrected chi connectivity index (χ1v) is 5.92. The lowest BCUT2D eigenvalue weighted by atomic mass is 10.1. The lowest BCUT2D eigenvalue weighted by molar-refractivity contribution is 0.124. The number of nitrogen functional groups attached to an aromatic ring is 1. The van der Waals surface area contributed by atoms with E-state index in [1.165, 1.54) is 0 Å². The lowest BCUT2D eigenvalue weighted by Gasteiger charge is -2.32. The van der Waals surface area contributed by atoms with Crippen molar-refractivity contribution in [2.45, 2.75) is 59.2 Å². The molecule has 0 aliphatic carbocycles. The quantitative estimate of drug-likeness (QED) is 0.804. The van der Waals surface area contributed by atoms with Crippen LogP contribution < -0.4 is 5.73 Å². The molecule has 1 rings (SSSR count). The third kappa shape index (κ3) is 3.20. The molecule has 2 unspecified atom stereocenters. The standard InChI is InChI=1S/C11H22N4O/c1-5-8(3)15(9(4)6-2)7-10-13-14-11(12)16-10/h8-9H,5-7H2,1-4H3,(H2,12,14). The molecule has 92 valence electrons. The van der Waals surface area contributed by atoms with Crippen LogP contribution in [0.1, 0.15) is 46.4 Å². The summed E-state index contributed by atoms with van der Waals surface area (Å²) >= 11 is 0. The van der Waals surface area contributed by atoms with Crippen molar-refractivity contribution in [3.63, 3.8) is 0 Å². The normalized spacial score (nSPS) is 15.3. The van der Waals surface area contributed by atoms with E-state index in [2.05, 4.69) is 42.8 Å². The molecule has 16 heavy (non-hydrogen) atoms. The van der Waals surface area contributed by atoms with Gasteiger partial charge in [0.05, 0.1) is 6.54 Å². The molecule has 0 saturated heterocycles. The predicted molar refractivity (Wildman–Crippen MR) is 63.8 cm³/mol. The number of nitrogens with zero attached hydrogens (tertiary/aromatic N) is 3. The van der Waals surface area contributed by atoms with Gasteiger partial charge < -0.3 is 10.2 Å². The average molecular weight is 226 g/mol. The Labute approximate surface area is 97.0 Å². The summed E-state index contributed by atoms with van der Waals surface area (Å²) in [7, 11) is 0. The molecule has 0 saturated carbocycles. The Bertz CT molecular complexity index is 303. The minimum Gasteiger partial charge on any atom is -0.407 e. The first kappa shape index (κ1) is 13.0. The molecule has 0 aliphatic rings. The number of rotatable bonds is 6. The summed E-state index contributed by atoms with van der Waals surface area (Å²) in [6.45, 7) is 9.47. The van der Waals surface area contributed by atoms with E-state index in [4.69, 9.17) is 10.2 Å². The molecule has 0 amide bonds. The van der Waals surface area contributed by atoms with Crippen molar-refractivity contribution in [1.82, 2.24) is 15.1 Å². The van der Waals surface area contributed by atoms with Crippen LogP contribution >= 0.6 is 0 Å². The van der Waals surface area contributed by atoms with Crippen LogP contribution in [0.25, 0.3) is 0 Å². The maximum atomic E-state index is 5.41. The van der Waals surface area contributed by atoms with Gasteiger partial charge in [-0.3, -0.25) is 4.90 Å². The maximum Gasteiger partial charge on any atom is 0.312 e. The van der Waals surface area contributed by atoms with Gasteiger partial charge in [0.15, 0.2) is 0 Å². The van der Waals surface area contributed by atoms with Gasteiger partial charge in [0.1, 0.15) is 0 Å². The summed E-state index contributed by atoms with van der Waals surface area (Å²) < 4.78 is 5.22. The van der Waals surface area contributed by atoms with E-state index < -0.39 is 0 Å². The molecule has 0 radical (unpaired) electrons. The molecule has 0 aliphatic heterocycles. The Morgan fingerprint density at radius 3 is 2.12 bits per heavy atom. The monoisotopic (exact) mass is 226 g/mol. The van der Waals surface area contributed by atoms with E-state index in [-0.39, 0.29) is 6.01 Å². The zero-order chi connectivity index (χ0) is 12.1. The highest BCUT2D eigenvalue weighted by Gasteiger charge is 2.20. The van der Waals surface area contributed by atoms with E-state index in [0.29, 0.717) is 24.5 Å². The van der Waals surface area contributed by atoms with E-state index in [9.17, 15) is 0 Å². The van der Waals surface area contributed by atoms with Gasteiger partial charge in [0.25, 0.3) is 0 Å². The van der Waals surface area contributed by atoms with Gasteiger partial charge >= 0.3 is 6.01 Å². The summed E-state index contributed by atoms with van der Waals surface area (Å²) in [6.07, 6.45) is 2.21. The number of aromatic nitrogens is 2. The summed E-state index contributed by atoms with van der Waals surface area (Å²) in [5, 5.41) is 7.58. The topological polar surface area (TPSA) is 68.2 Å². The minimum atomic E-state index is 0.142. The fraction of sp³-hybridized carbons (Fsp3) is 0.818. The van der Waals surface area contributed by atoms with E-state index in [1.54, 1.807) is 0 Å². The third-order valence-corrected chi connectivity index (χ3v) is 3.11. The Morgan fingerprint density at radius 1 is 1.19 bits per heavy atom. The molecular weight excluding hydrogens is 204 g/mol. The van der Waals surface area contributed by atoms with Gasteiger partial charge in [-0.25, -0.2) is 0 Å². The fourth-order valence-electron chi connectivity index (χ4n) is 1.70. The molecule has 2 N–H and O–H groups in total. The van der Waals surface area contributed by atoms with E-state index in [0.717, 1.165) is 12.8 Å². The van der Waals surface area contributed by atoms with Crippen molar-refractivity contribution < 1.29 is 4.42 Å². The Kier molecular flexibility index (Phi) is 4.73. The summed E-state index contributed by atoms with van der Waals surface area (Å²) in [5.74, 6) is 0.595. The predicted octanol–water partition coefficient (Wildman–Crippen LogP) is 2.05. The number of anilines is 1. The summed E-state index contributed by atoms with van der Waals surface area (Å²) in [4.78, 5) is 2.37. The van der Waals surface area contributed by atoms with Gasteiger partial charge in [0, 0.05) is 12.1 Å². The molecule has 1 aromatic heterocycles. The second kappa shape index (κ2) is 5.84. The largest absolute Gasteiger partial charge is 0.407 e. The Balaban J connectivity index is 2.70.